The van der Waals surface area contributed by atoms with Gasteiger partial charge in [0.2, 0.25) is 5.91 Å². The summed E-state index contributed by atoms with van der Waals surface area (Å²) in [5.41, 5.74) is 4.74. The van der Waals surface area contributed by atoms with Gasteiger partial charge in [-0.3, -0.25) is 4.79 Å². The molecule has 116 valence electrons. The van der Waals surface area contributed by atoms with Crippen LogP contribution in [0.2, 0.25) is 0 Å². The van der Waals surface area contributed by atoms with Crippen molar-refractivity contribution in [2.75, 3.05) is 33.0 Å². The Hall–Kier alpha value is -1.34. The summed E-state index contributed by atoms with van der Waals surface area (Å²) in [5.74, 6) is 0.176. The van der Waals surface area contributed by atoms with Gasteiger partial charge in [0.05, 0.1) is 6.61 Å². The number of hydrogen-bond donors (Lipinski definition) is 3. The van der Waals surface area contributed by atoms with Gasteiger partial charge in [-0.15, -0.1) is 0 Å². The highest BCUT2D eigenvalue weighted by Gasteiger charge is 2.44. The van der Waals surface area contributed by atoms with Gasteiger partial charge in [-0.2, -0.15) is 0 Å². The number of carbonyl (C=O) groups excluding carboxylic acids is 1. The molecule has 0 radical (unpaired) electrons. The molecule has 1 aliphatic heterocycles. The SMILES string of the molecule is CC(C)COCCNC(=O)C1(C(N)=NO)CCOCC1. The first-order chi connectivity index (χ1) is 9.53. The highest BCUT2D eigenvalue weighted by Crippen LogP contribution is 2.31. The van der Waals surface area contributed by atoms with E-state index in [1.807, 2.05) is 0 Å². The zero-order chi connectivity index (χ0) is 15.0. The van der Waals surface area contributed by atoms with Crippen LogP contribution in [0.25, 0.3) is 0 Å². The quantitative estimate of drug-likeness (QED) is 0.205. The lowest BCUT2D eigenvalue weighted by Gasteiger charge is -2.34. The summed E-state index contributed by atoms with van der Waals surface area (Å²) in [6.07, 6.45) is 0.836. The summed E-state index contributed by atoms with van der Waals surface area (Å²) < 4.78 is 10.6. The molecule has 0 spiro atoms. The summed E-state index contributed by atoms with van der Waals surface area (Å²) >= 11 is 0. The van der Waals surface area contributed by atoms with E-state index < -0.39 is 5.41 Å². The molecular weight excluding hydrogens is 262 g/mol. The molecule has 1 rings (SSSR count). The van der Waals surface area contributed by atoms with E-state index in [1.54, 1.807) is 0 Å². The fraction of sp³-hybridized carbons (Fsp3) is 0.846. The highest BCUT2D eigenvalue weighted by molar-refractivity contribution is 6.06. The van der Waals surface area contributed by atoms with Crippen molar-refractivity contribution in [1.29, 1.82) is 0 Å². The second-order valence-electron chi connectivity index (χ2n) is 5.40. The van der Waals surface area contributed by atoms with Gasteiger partial charge < -0.3 is 25.7 Å². The Kier molecular flexibility index (Phi) is 6.74. The Morgan fingerprint density at radius 1 is 1.50 bits per heavy atom. The molecule has 0 unspecified atom stereocenters. The number of nitrogens with zero attached hydrogens (tertiary/aromatic N) is 1. The van der Waals surface area contributed by atoms with Crippen molar-refractivity contribution >= 4 is 11.7 Å². The monoisotopic (exact) mass is 287 g/mol. The maximum atomic E-state index is 12.3. The zero-order valence-electron chi connectivity index (χ0n) is 12.2. The van der Waals surface area contributed by atoms with Gasteiger partial charge in [0.25, 0.3) is 0 Å². The van der Waals surface area contributed by atoms with Crippen LogP contribution in [0.15, 0.2) is 5.16 Å². The van der Waals surface area contributed by atoms with Crippen molar-refractivity contribution in [1.82, 2.24) is 5.32 Å². The van der Waals surface area contributed by atoms with Crippen LogP contribution >= 0.6 is 0 Å². The van der Waals surface area contributed by atoms with Crippen LogP contribution in [0.1, 0.15) is 26.7 Å². The Balaban J connectivity index is 2.48. The van der Waals surface area contributed by atoms with Crippen molar-refractivity contribution in [2.45, 2.75) is 26.7 Å². The van der Waals surface area contributed by atoms with Crippen molar-refractivity contribution in [2.24, 2.45) is 22.2 Å². The van der Waals surface area contributed by atoms with Crippen molar-refractivity contribution in [3.05, 3.63) is 0 Å². The van der Waals surface area contributed by atoms with E-state index in [-0.39, 0.29) is 11.7 Å². The van der Waals surface area contributed by atoms with Crippen LogP contribution in [-0.2, 0) is 14.3 Å². The van der Waals surface area contributed by atoms with Crippen LogP contribution in [0.5, 0.6) is 0 Å². The minimum Gasteiger partial charge on any atom is -0.409 e. The van der Waals surface area contributed by atoms with Gasteiger partial charge in [-0.1, -0.05) is 19.0 Å². The Labute approximate surface area is 119 Å². The average Bonchev–Trinajstić information content (AvgIpc) is 2.46. The molecule has 7 heteroatoms. The van der Waals surface area contributed by atoms with E-state index in [0.717, 1.165) is 0 Å². The van der Waals surface area contributed by atoms with Gasteiger partial charge in [0.1, 0.15) is 5.41 Å². The maximum Gasteiger partial charge on any atom is 0.234 e. The standard InChI is InChI=1S/C13H25N3O4/c1-10(2)9-20-8-5-15-12(17)13(11(14)16-18)3-6-19-7-4-13/h10,18H,3-9H2,1-2H3,(H2,14,16)(H,15,17). The molecule has 1 aliphatic rings. The third-order valence-electron chi connectivity index (χ3n) is 3.36. The smallest absolute Gasteiger partial charge is 0.234 e. The van der Waals surface area contributed by atoms with E-state index in [4.69, 9.17) is 20.4 Å². The van der Waals surface area contributed by atoms with E-state index in [2.05, 4.69) is 24.3 Å². The number of amidine groups is 1. The van der Waals surface area contributed by atoms with Crippen LogP contribution in [-0.4, -0.2) is 49.9 Å². The van der Waals surface area contributed by atoms with Gasteiger partial charge in [0, 0.05) is 26.4 Å². The Morgan fingerprint density at radius 2 is 2.15 bits per heavy atom. The summed E-state index contributed by atoms with van der Waals surface area (Å²) in [6.45, 7) is 6.50. The highest BCUT2D eigenvalue weighted by atomic mass is 16.5. The third kappa shape index (κ3) is 4.35. The molecule has 4 N–H and O–H groups in total. The molecule has 0 aromatic carbocycles. The van der Waals surface area contributed by atoms with Gasteiger partial charge in [-0.05, 0) is 18.8 Å². The van der Waals surface area contributed by atoms with Crippen LogP contribution in [0.3, 0.4) is 0 Å². The van der Waals surface area contributed by atoms with Crippen LogP contribution in [0, 0.1) is 11.3 Å². The minimum absolute atomic E-state index is 0.0543. The lowest BCUT2D eigenvalue weighted by molar-refractivity contribution is -0.131. The number of rotatable bonds is 7. The lowest BCUT2D eigenvalue weighted by atomic mass is 9.78. The minimum atomic E-state index is -0.967. The molecule has 0 saturated carbocycles. The number of oxime groups is 1. The lowest BCUT2D eigenvalue weighted by Crippen LogP contribution is -2.53. The van der Waals surface area contributed by atoms with Gasteiger partial charge in [0.15, 0.2) is 5.84 Å². The van der Waals surface area contributed by atoms with E-state index in [1.165, 1.54) is 0 Å². The topological polar surface area (TPSA) is 106 Å². The first kappa shape index (κ1) is 16.7. The van der Waals surface area contributed by atoms with Crippen molar-refractivity contribution < 1.29 is 19.5 Å². The predicted octanol–water partition coefficient (Wildman–Crippen LogP) is 0.318. The number of nitrogens with two attached hydrogens (primary N) is 1. The van der Waals surface area contributed by atoms with Crippen molar-refractivity contribution in [3.8, 4) is 0 Å². The number of carbonyl (C=O) groups is 1. The molecule has 1 fully saturated rings. The fourth-order valence-electron chi connectivity index (χ4n) is 2.14. The summed E-state index contributed by atoms with van der Waals surface area (Å²) in [7, 11) is 0. The van der Waals surface area contributed by atoms with E-state index >= 15 is 0 Å². The summed E-state index contributed by atoms with van der Waals surface area (Å²) in [4.78, 5) is 12.3. The molecule has 0 aliphatic carbocycles. The average molecular weight is 287 g/mol. The first-order valence-electron chi connectivity index (χ1n) is 6.94. The summed E-state index contributed by atoms with van der Waals surface area (Å²) in [6, 6.07) is 0. The fourth-order valence-corrected chi connectivity index (χ4v) is 2.14. The number of nitrogens with one attached hydrogen (secondary N) is 1. The van der Waals surface area contributed by atoms with Gasteiger partial charge >= 0.3 is 0 Å². The summed E-state index contributed by atoms with van der Waals surface area (Å²) in [5, 5.41) is 14.7. The molecule has 0 atom stereocenters. The molecule has 0 aromatic heterocycles. The second-order valence-corrected chi connectivity index (χ2v) is 5.40. The molecule has 1 heterocycles. The molecule has 7 nitrogen and oxygen atoms in total. The Bertz CT molecular complexity index is 339. The van der Waals surface area contributed by atoms with Gasteiger partial charge in [-0.25, -0.2) is 0 Å². The number of hydrogen-bond acceptors (Lipinski definition) is 5. The number of ether oxygens (including phenoxy) is 2. The third-order valence-corrected chi connectivity index (χ3v) is 3.36. The number of amides is 1. The molecule has 1 saturated heterocycles. The molecule has 20 heavy (non-hydrogen) atoms. The molecule has 0 bridgehead atoms. The normalized spacial score (nSPS) is 19.1. The van der Waals surface area contributed by atoms with Crippen LogP contribution < -0.4 is 11.1 Å². The predicted molar refractivity (Wildman–Crippen MR) is 74.6 cm³/mol. The van der Waals surface area contributed by atoms with Crippen LogP contribution in [0.4, 0.5) is 0 Å². The van der Waals surface area contributed by atoms with E-state index in [9.17, 15) is 4.79 Å². The zero-order valence-corrected chi connectivity index (χ0v) is 12.2. The molecule has 1 amide bonds. The van der Waals surface area contributed by atoms with Crippen molar-refractivity contribution in [3.63, 3.8) is 0 Å². The molecule has 0 aromatic rings. The maximum absolute atomic E-state index is 12.3. The largest absolute Gasteiger partial charge is 0.409 e. The Morgan fingerprint density at radius 3 is 2.70 bits per heavy atom. The molecular formula is C13H25N3O4. The van der Waals surface area contributed by atoms with E-state index in [0.29, 0.717) is 51.7 Å². The second kappa shape index (κ2) is 8.06. The first-order valence-corrected chi connectivity index (χ1v) is 6.94.